The van der Waals surface area contributed by atoms with Crippen molar-refractivity contribution in [3.05, 3.63) is 72.0 Å². The van der Waals surface area contributed by atoms with Crippen LogP contribution in [0.5, 0.6) is 0 Å². The van der Waals surface area contributed by atoms with Crippen molar-refractivity contribution in [3.8, 4) is 11.8 Å². The Morgan fingerprint density at radius 1 is 1.08 bits per heavy atom. The van der Waals surface area contributed by atoms with Crippen LogP contribution in [0.3, 0.4) is 0 Å². The van der Waals surface area contributed by atoms with Crippen molar-refractivity contribution >= 4 is 17.1 Å². The number of furan rings is 1. The second-order valence-corrected chi connectivity index (χ2v) is 5.19. The Kier molecular flexibility index (Phi) is 5.16. The van der Waals surface area contributed by atoms with Gasteiger partial charge < -0.3 is 14.5 Å². The third-order valence-electron chi connectivity index (χ3n) is 3.44. The molecule has 1 aromatic heterocycles. The van der Waals surface area contributed by atoms with Crippen LogP contribution in [0.25, 0.3) is 11.0 Å². The van der Waals surface area contributed by atoms with Gasteiger partial charge in [0.25, 0.3) is 0 Å². The van der Waals surface area contributed by atoms with E-state index >= 15 is 0 Å². The molecule has 24 heavy (non-hydrogen) atoms. The maximum absolute atomic E-state index is 11.6. The Morgan fingerprint density at radius 2 is 1.88 bits per heavy atom. The predicted octanol–water partition coefficient (Wildman–Crippen LogP) is 4.10. The minimum atomic E-state index is -0.436. The highest BCUT2D eigenvalue weighted by Gasteiger charge is 2.02. The zero-order valence-electron chi connectivity index (χ0n) is 13.1. The molecular formula is C20H17NO3. The molecule has 0 fully saturated rings. The van der Waals surface area contributed by atoms with Gasteiger partial charge in [0.05, 0.1) is 5.56 Å². The molecule has 0 unspecified atom stereocenters. The quantitative estimate of drug-likeness (QED) is 0.582. The smallest absolute Gasteiger partial charge is 0.407 e. The van der Waals surface area contributed by atoms with Crippen LogP contribution in [0.4, 0.5) is 4.79 Å². The summed E-state index contributed by atoms with van der Waals surface area (Å²) in [5.41, 5.74) is 2.64. The van der Waals surface area contributed by atoms with Gasteiger partial charge in [-0.3, -0.25) is 0 Å². The Hall–Kier alpha value is -3.19. The first-order valence-corrected chi connectivity index (χ1v) is 7.72. The van der Waals surface area contributed by atoms with Crippen LogP contribution in [-0.4, -0.2) is 12.6 Å². The number of carbonyl (C=O) groups is 1. The van der Waals surface area contributed by atoms with Gasteiger partial charge in [-0.05, 0) is 17.7 Å². The Balaban J connectivity index is 1.42. The first-order valence-electron chi connectivity index (χ1n) is 7.72. The number of ether oxygens (including phenoxy) is 1. The Labute approximate surface area is 140 Å². The van der Waals surface area contributed by atoms with E-state index in [2.05, 4.69) is 17.2 Å². The van der Waals surface area contributed by atoms with Gasteiger partial charge in [-0.1, -0.05) is 54.3 Å². The molecule has 120 valence electrons. The lowest BCUT2D eigenvalue weighted by Crippen LogP contribution is -2.24. The van der Waals surface area contributed by atoms with Crippen LogP contribution in [0.2, 0.25) is 0 Å². The molecule has 4 nitrogen and oxygen atoms in total. The van der Waals surface area contributed by atoms with Crippen LogP contribution < -0.4 is 5.32 Å². The van der Waals surface area contributed by atoms with Gasteiger partial charge in [0.2, 0.25) is 0 Å². The van der Waals surface area contributed by atoms with E-state index in [0.29, 0.717) is 13.0 Å². The average Bonchev–Trinajstić information content (AvgIpc) is 3.04. The summed E-state index contributed by atoms with van der Waals surface area (Å²) >= 11 is 0. The molecular weight excluding hydrogens is 302 g/mol. The maximum Gasteiger partial charge on any atom is 0.407 e. The Morgan fingerprint density at radius 3 is 2.75 bits per heavy atom. The second kappa shape index (κ2) is 7.89. The van der Waals surface area contributed by atoms with Gasteiger partial charge in [0.1, 0.15) is 18.5 Å². The lowest BCUT2D eigenvalue weighted by Gasteiger charge is -2.05. The lowest BCUT2D eigenvalue weighted by atomic mass is 10.2. The van der Waals surface area contributed by atoms with E-state index < -0.39 is 6.09 Å². The molecule has 0 bridgehead atoms. The number of carbonyl (C=O) groups excluding carboxylic acids is 1. The molecule has 1 heterocycles. The highest BCUT2D eigenvalue weighted by molar-refractivity contribution is 5.83. The molecule has 0 aliphatic carbocycles. The van der Waals surface area contributed by atoms with Gasteiger partial charge in [0.15, 0.2) is 0 Å². The number of amides is 1. The minimum absolute atomic E-state index is 0.263. The normalized spacial score (nSPS) is 10.0. The monoisotopic (exact) mass is 319 g/mol. The highest BCUT2D eigenvalue weighted by Crippen LogP contribution is 2.19. The van der Waals surface area contributed by atoms with Crippen molar-refractivity contribution in [2.75, 3.05) is 6.54 Å². The fraction of sp³-hybridized carbons (Fsp3) is 0.150. The molecule has 0 saturated heterocycles. The van der Waals surface area contributed by atoms with Crippen molar-refractivity contribution in [3.63, 3.8) is 0 Å². The zero-order valence-corrected chi connectivity index (χ0v) is 13.1. The van der Waals surface area contributed by atoms with Crippen molar-refractivity contribution in [1.29, 1.82) is 0 Å². The summed E-state index contributed by atoms with van der Waals surface area (Å²) in [6, 6.07) is 17.3. The third kappa shape index (κ3) is 4.17. The molecule has 2 aromatic carbocycles. The molecule has 1 N–H and O–H groups in total. The topological polar surface area (TPSA) is 51.5 Å². The largest absolute Gasteiger partial charge is 0.463 e. The first-order chi connectivity index (χ1) is 11.8. The predicted molar refractivity (Wildman–Crippen MR) is 92.3 cm³/mol. The Bertz CT molecular complexity index is 872. The second-order valence-electron chi connectivity index (χ2n) is 5.19. The van der Waals surface area contributed by atoms with E-state index in [4.69, 9.17) is 9.15 Å². The molecule has 0 radical (unpaired) electrons. The number of rotatable bonds is 4. The summed E-state index contributed by atoms with van der Waals surface area (Å²) in [5.74, 6) is 6.09. The number of hydrogen-bond donors (Lipinski definition) is 1. The molecule has 0 aliphatic heterocycles. The minimum Gasteiger partial charge on any atom is -0.463 e. The summed E-state index contributed by atoms with van der Waals surface area (Å²) in [5, 5.41) is 3.68. The summed E-state index contributed by atoms with van der Waals surface area (Å²) in [7, 11) is 0. The number of nitrogens with one attached hydrogen (secondary N) is 1. The standard InChI is InChI=1S/C20H17NO3/c22-20(24-14-16-8-2-1-3-9-16)21-13-7-6-10-17-15-23-19-12-5-4-11-18(17)19/h1-5,8-9,11-12,15H,7,13-14H2,(H,21,22). The summed E-state index contributed by atoms with van der Waals surface area (Å²) in [6.07, 6.45) is 1.76. The van der Waals surface area contributed by atoms with Crippen LogP contribution in [0.1, 0.15) is 17.5 Å². The summed E-state index contributed by atoms with van der Waals surface area (Å²) in [4.78, 5) is 11.6. The van der Waals surface area contributed by atoms with Crippen LogP contribution in [0.15, 0.2) is 65.3 Å². The van der Waals surface area contributed by atoms with Gasteiger partial charge in [-0.25, -0.2) is 4.79 Å². The third-order valence-corrected chi connectivity index (χ3v) is 3.44. The molecule has 0 spiro atoms. The molecule has 0 saturated carbocycles. The van der Waals surface area contributed by atoms with Gasteiger partial charge in [-0.2, -0.15) is 0 Å². The van der Waals surface area contributed by atoms with E-state index in [1.54, 1.807) is 6.26 Å². The van der Waals surface area contributed by atoms with Crippen LogP contribution >= 0.6 is 0 Å². The molecule has 3 rings (SSSR count). The molecule has 3 aromatic rings. The first kappa shape index (κ1) is 15.7. The fourth-order valence-corrected chi connectivity index (χ4v) is 2.23. The maximum atomic E-state index is 11.6. The molecule has 4 heteroatoms. The zero-order chi connectivity index (χ0) is 16.6. The number of fused-ring (bicyclic) bond motifs is 1. The van der Waals surface area contributed by atoms with Crippen molar-refractivity contribution in [1.82, 2.24) is 5.32 Å². The van der Waals surface area contributed by atoms with Gasteiger partial charge in [0, 0.05) is 18.4 Å². The van der Waals surface area contributed by atoms with Gasteiger partial charge >= 0.3 is 6.09 Å². The lowest BCUT2D eigenvalue weighted by molar-refractivity contribution is 0.140. The number of benzene rings is 2. The SMILES string of the molecule is O=C(NCCC#Cc1coc2ccccc12)OCc1ccccc1. The van der Waals surface area contributed by atoms with Crippen LogP contribution in [0, 0.1) is 11.8 Å². The molecule has 0 aliphatic rings. The number of alkyl carbamates (subject to hydrolysis) is 1. The van der Waals surface area contributed by atoms with E-state index in [1.165, 1.54) is 0 Å². The summed E-state index contributed by atoms with van der Waals surface area (Å²) in [6.45, 7) is 0.704. The van der Waals surface area contributed by atoms with Crippen molar-refractivity contribution in [2.45, 2.75) is 13.0 Å². The van der Waals surface area contributed by atoms with E-state index in [-0.39, 0.29) is 6.61 Å². The number of hydrogen-bond acceptors (Lipinski definition) is 3. The van der Waals surface area contributed by atoms with E-state index in [0.717, 1.165) is 22.1 Å². The average molecular weight is 319 g/mol. The van der Waals surface area contributed by atoms with E-state index in [9.17, 15) is 4.79 Å². The van der Waals surface area contributed by atoms with Crippen LogP contribution in [-0.2, 0) is 11.3 Å². The fourth-order valence-electron chi connectivity index (χ4n) is 2.23. The van der Waals surface area contributed by atoms with E-state index in [1.807, 2.05) is 54.6 Å². The summed E-state index contributed by atoms with van der Waals surface area (Å²) < 4.78 is 10.6. The molecule has 1 amide bonds. The van der Waals surface area contributed by atoms with Crippen molar-refractivity contribution in [2.24, 2.45) is 0 Å². The van der Waals surface area contributed by atoms with Gasteiger partial charge in [-0.15, -0.1) is 0 Å². The van der Waals surface area contributed by atoms with Crippen molar-refractivity contribution < 1.29 is 13.9 Å². The number of para-hydroxylation sites is 1. The highest BCUT2D eigenvalue weighted by atomic mass is 16.5. The molecule has 0 atom stereocenters.